The Morgan fingerprint density at radius 1 is 1.15 bits per heavy atom. The summed E-state index contributed by atoms with van der Waals surface area (Å²) in [6.45, 7) is 4.81. The van der Waals surface area contributed by atoms with E-state index >= 15 is 0 Å². The van der Waals surface area contributed by atoms with Gasteiger partial charge in [0.25, 0.3) is 0 Å². The van der Waals surface area contributed by atoms with Crippen LogP contribution in [0.3, 0.4) is 0 Å². The van der Waals surface area contributed by atoms with E-state index in [1.54, 1.807) is 12.2 Å². The molecular formula is C33H48N2O13. The number of carbonyl (C=O) groups excluding carboxylic acids is 4. The van der Waals surface area contributed by atoms with E-state index in [0.717, 1.165) is 18.4 Å². The van der Waals surface area contributed by atoms with Crippen molar-refractivity contribution in [2.45, 2.75) is 102 Å². The smallest absolute Gasteiger partial charge is 0.464 e. The molecule has 15 heteroatoms. The van der Waals surface area contributed by atoms with Gasteiger partial charge in [-0.2, -0.15) is 0 Å². The van der Waals surface area contributed by atoms with E-state index in [9.17, 15) is 24.3 Å². The lowest BCUT2D eigenvalue weighted by Gasteiger charge is -2.59. The van der Waals surface area contributed by atoms with Gasteiger partial charge in [0, 0.05) is 16.7 Å². The molecule has 0 aromatic heterocycles. The minimum atomic E-state index is -1.46. The quantitative estimate of drug-likeness (QED) is 0.118. The third kappa shape index (κ3) is 6.71. The molecule has 5 N–H and O–H groups in total. The van der Waals surface area contributed by atoms with Crippen LogP contribution in [0.15, 0.2) is 23.8 Å². The number of aliphatic hydroxyl groups excluding tert-OH is 1. The highest BCUT2D eigenvalue weighted by molar-refractivity contribution is 6.01. The van der Waals surface area contributed by atoms with Gasteiger partial charge in [-0.1, -0.05) is 38.8 Å². The summed E-state index contributed by atoms with van der Waals surface area (Å²) in [5.41, 5.74) is 4.04. The van der Waals surface area contributed by atoms with Crippen LogP contribution in [0.5, 0.6) is 0 Å². The van der Waals surface area contributed by atoms with Crippen LogP contribution in [0, 0.1) is 28.6 Å². The van der Waals surface area contributed by atoms with Crippen molar-refractivity contribution in [3.63, 3.8) is 0 Å². The van der Waals surface area contributed by atoms with Gasteiger partial charge in [0.05, 0.1) is 30.8 Å². The van der Waals surface area contributed by atoms with E-state index < -0.39 is 77.5 Å². The zero-order chi connectivity index (χ0) is 34.9. The van der Waals surface area contributed by atoms with Crippen LogP contribution >= 0.6 is 0 Å². The number of aliphatic hydroxyl groups is 1. The third-order valence-electron chi connectivity index (χ3n) is 11.2. The summed E-state index contributed by atoms with van der Waals surface area (Å²) < 4.78 is 28.2. The van der Waals surface area contributed by atoms with Crippen molar-refractivity contribution in [3.05, 3.63) is 23.8 Å². The van der Waals surface area contributed by atoms with Gasteiger partial charge < -0.3 is 34.5 Å². The Morgan fingerprint density at radius 2 is 1.90 bits per heavy atom. The molecule has 1 aliphatic heterocycles. The minimum Gasteiger partial charge on any atom is -0.464 e. The Balaban J connectivity index is 1.22. The largest absolute Gasteiger partial charge is 0.508 e. The van der Waals surface area contributed by atoms with Crippen LogP contribution in [0.4, 0.5) is 4.79 Å². The second-order valence-corrected chi connectivity index (χ2v) is 14.0. The van der Waals surface area contributed by atoms with E-state index in [1.807, 2.05) is 19.9 Å². The summed E-state index contributed by atoms with van der Waals surface area (Å²) in [7, 11) is 0. The van der Waals surface area contributed by atoms with E-state index in [1.165, 1.54) is 0 Å². The Labute approximate surface area is 279 Å². The van der Waals surface area contributed by atoms with Crippen LogP contribution < -0.4 is 5.73 Å². The standard InChI is InChI=1S/C33H48N2O13/c1-4-7-27-47-26-15-22-21-9-8-19-14-20(36)10-11-31(19,2)28(21)24(37)16-32(22,3)33(26,48-27)25(38)18-45-30(40)44-17-23(34)29(39)43-12-5-6-13-46-35(41)42/h10-11,14,21-24,26-28,37,41-42H,4-9,12-13,15-18,34H2,1-3H3/t21-,22?,23?,24-,26+,27?,28?,31-,32-,33+/m0/s1. The monoisotopic (exact) mass is 680 g/mol. The van der Waals surface area contributed by atoms with Crippen LogP contribution in [-0.2, 0) is 42.9 Å². The highest BCUT2D eigenvalue weighted by atomic mass is 17.1. The lowest BCUT2D eigenvalue weighted by molar-refractivity contribution is -0.492. The number of ether oxygens (including phenoxy) is 5. The number of hydrogen-bond acceptors (Lipinski definition) is 15. The first kappa shape index (κ1) is 36.5. The molecule has 4 unspecified atom stereocenters. The van der Waals surface area contributed by atoms with Crippen molar-refractivity contribution in [2.75, 3.05) is 26.4 Å². The maximum atomic E-state index is 14.2. The highest BCUT2D eigenvalue weighted by Crippen LogP contribution is 2.69. The van der Waals surface area contributed by atoms with Crippen LogP contribution in [-0.4, -0.2) is 101 Å². The Bertz CT molecular complexity index is 1300. The molecule has 4 aliphatic carbocycles. The Morgan fingerprint density at radius 3 is 2.62 bits per heavy atom. The van der Waals surface area contributed by atoms with Gasteiger partial charge in [-0.3, -0.25) is 29.6 Å². The van der Waals surface area contributed by atoms with Gasteiger partial charge in [-0.05, 0) is 68.9 Å². The van der Waals surface area contributed by atoms with E-state index in [-0.39, 0.29) is 43.2 Å². The molecule has 10 atom stereocenters. The second kappa shape index (κ2) is 14.6. The number of esters is 1. The molecular weight excluding hydrogens is 632 g/mol. The van der Waals surface area contributed by atoms with Gasteiger partial charge in [0.1, 0.15) is 12.6 Å². The highest BCUT2D eigenvalue weighted by Gasteiger charge is 2.75. The molecule has 0 aromatic carbocycles. The van der Waals surface area contributed by atoms with Crippen molar-refractivity contribution in [1.82, 2.24) is 5.39 Å². The summed E-state index contributed by atoms with van der Waals surface area (Å²) >= 11 is 0. The fourth-order valence-electron chi connectivity index (χ4n) is 9.13. The fourth-order valence-corrected chi connectivity index (χ4v) is 9.13. The number of nitrogens with two attached hydrogens (primary N) is 1. The van der Waals surface area contributed by atoms with Crippen LogP contribution in [0.25, 0.3) is 0 Å². The minimum absolute atomic E-state index is 0.0110. The number of allylic oxidation sites excluding steroid dienone is 4. The number of hydrogen-bond donors (Lipinski definition) is 4. The number of rotatable bonds is 14. The number of fused-ring (bicyclic) bond motifs is 7. The number of unbranched alkanes of at least 4 members (excludes halogenated alkanes) is 1. The zero-order valence-electron chi connectivity index (χ0n) is 27.7. The Kier molecular flexibility index (Phi) is 11.1. The molecule has 5 rings (SSSR count). The molecule has 0 spiro atoms. The normalized spacial score (nSPS) is 37.2. The van der Waals surface area contributed by atoms with Crippen LogP contribution in [0.2, 0.25) is 0 Å². The number of nitrogens with zero attached hydrogens (tertiary/aromatic N) is 1. The topological polar surface area (TPSA) is 214 Å². The van der Waals surface area contributed by atoms with E-state index in [4.69, 9.17) is 39.8 Å². The maximum absolute atomic E-state index is 14.2. The summed E-state index contributed by atoms with van der Waals surface area (Å²) in [4.78, 5) is 55.4. The fraction of sp³-hybridized carbons (Fsp3) is 0.758. The molecule has 0 radical (unpaired) electrons. The van der Waals surface area contributed by atoms with Gasteiger partial charge in [0.15, 0.2) is 24.3 Å². The van der Waals surface area contributed by atoms with Crippen molar-refractivity contribution < 1.29 is 63.2 Å². The molecule has 15 nitrogen and oxygen atoms in total. The van der Waals surface area contributed by atoms with Gasteiger partial charge >= 0.3 is 12.1 Å². The molecule has 0 bridgehead atoms. The van der Waals surface area contributed by atoms with Crippen LogP contribution in [0.1, 0.15) is 72.1 Å². The molecule has 4 fully saturated rings. The summed E-state index contributed by atoms with van der Waals surface area (Å²) in [5, 5.41) is 28.4. The predicted molar refractivity (Wildman–Crippen MR) is 163 cm³/mol. The maximum Gasteiger partial charge on any atom is 0.508 e. The van der Waals surface area contributed by atoms with Crippen molar-refractivity contribution in [2.24, 2.45) is 34.3 Å². The summed E-state index contributed by atoms with van der Waals surface area (Å²) in [5.74, 6) is -1.49. The van der Waals surface area contributed by atoms with Gasteiger partial charge in [0.2, 0.25) is 5.78 Å². The number of ketones is 2. The van der Waals surface area contributed by atoms with E-state index in [0.29, 0.717) is 32.1 Å². The molecule has 0 aromatic rings. The zero-order valence-corrected chi connectivity index (χ0v) is 27.7. The third-order valence-corrected chi connectivity index (χ3v) is 11.2. The first-order valence-electron chi connectivity index (χ1n) is 16.8. The average Bonchev–Trinajstić information content (AvgIpc) is 3.52. The molecule has 1 heterocycles. The lowest BCUT2D eigenvalue weighted by atomic mass is 9.46. The van der Waals surface area contributed by atoms with E-state index in [2.05, 4.69) is 11.8 Å². The molecule has 5 aliphatic rings. The summed E-state index contributed by atoms with van der Waals surface area (Å²) in [6, 6.07) is -1.30. The van der Waals surface area contributed by atoms with Crippen molar-refractivity contribution >= 4 is 23.7 Å². The second-order valence-electron chi connectivity index (χ2n) is 14.0. The molecule has 268 valence electrons. The van der Waals surface area contributed by atoms with Gasteiger partial charge in [-0.15, -0.1) is 0 Å². The molecule has 0 amide bonds. The Hall–Kier alpha value is -2.76. The lowest BCUT2D eigenvalue weighted by Crippen LogP contribution is -2.63. The van der Waals surface area contributed by atoms with Gasteiger partial charge in [-0.25, -0.2) is 4.79 Å². The first-order chi connectivity index (χ1) is 22.8. The van der Waals surface area contributed by atoms with Crippen molar-refractivity contribution in [1.29, 1.82) is 0 Å². The summed E-state index contributed by atoms with van der Waals surface area (Å²) in [6.07, 6.45) is 6.35. The molecule has 3 saturated carbocycles. The van der Waals surface area contributed by atoms with Crippen molar-refractivity contribution in [3.8, 4) is 0 Å². The number of Topliss-reactive ketones (excluding diaryl/α,β-unsaturated/α-hetero) is 1. The molecule has 48 heavy (non-hydrogen) atoms. The number of carbonyl (C=O) groups is 4. The SMILES string of the molecule is CCCC1O[C@@H]2CC3[C@@H]4CCC5=CC(=O)C=C[C@]5(C)C4[C@@H](O)C[C@]3(C)[C@]2(C(=O)COC(=O)OCC(N)C(=O)OCCCCON(O)O)O1. The predicted octanol–water partition coefficient (Wildman–Crippen LogP) is 2.54. The average molecular weight is 681 g/mol. The molecule has 1 saturated heterocycles. The first-order valence-corrected chi connectivity index (χ1v) is 16.8.